The Balaban J connectivity index is 1.74. The monoisotopic (exact) mass is 483 g/mol. The number of hydrogen-bond donors (Lipinski definition) is 1. The molecule has 2 amide bonds. The number of halogens is 2. The summed E-state index contributed by atoms with van der Waals surface area (Å²) >= 11 is 12.2. The molecule has 0 spiro atoms. The number of carbonyl (C=O) groups excluding carboxylic acids is 2. The van der Waals surface area contributed by atoms with Gasteiger partial charge >= 0.3 is 5.69 Å². The topological polar surface area (TPSA) is 102 Å². The Bertz CT molecular complexity index is 1290. The molecule has 0 atom stereocenters. The van der Waals surface area contributed by atoms with E-state index in [9.17, 15) is 19.7 Å². The zero-order valence-electron chi connectivity index (χ0n) is 16.8. The number of nitrogens with zero attached hydrogens (tertiary/aromatic N) is 2. The lowest BCUT2D eigenvalue weighted by molar-refractivity contribution is -0.385. The molecule has 0 aromatic heterocycles. The van der Waals surface area contributed by atoms with Crippen LogP contribution in [-0.4, -0.2) is 16.7 Å². The first-order valence-corrected chi connectivity index (χ1v) is 10.4. The Morgan fingerprint density at radius 1 is 1.03 bits per heavy atom. The molecule has 0 saturated carbocycles. The third kappa shape index (κ3) is 4.67. The van der Waals surface area contributed by atoms with E-state index < -0.39 is 22.4 Å². The van der Waals surface area contributed by atoms with Gasteiger partial charge in [0, 0.05) is 27.2 Å². The van der Waals surface area contributed by atoms with Crippen LogP contribution in [-0.2, 0) is 16.2 Å². The average Bonchev–Trinajstić information content (AvgIpc) is 3.08. The molecule has 1 aliphatic rings. The number of nitro groups is 1. The number of hydrogen-bond acceptors (Lipinski definition) is 5. The van der Waals surface area contributed by atoms with Crippen molar-refractivity contribution >= 4 is 52.5 Å². The number of ether oxygens (including phenoxy) is 1. The molecular weight excluding hydrogens is 469 g/mol. The zero-order valence-corrected chi connectivity index (χ0v) is 18.3. The predicted molar refractivity (Wildman–Crippen MR) is 124 cm³/mol. The van der Waals surface area contributed by atoms with Gasteiger partial charge < -0.3 is 4.74 Å². The fraction of sp³-hybridized carbons (Fsp3) is 0.0435. The maximum Gasteiger partial charge on any atom is 0.313 e. The van der Waals surface area contributed by atoms with Crippen LogP contribution in [0.2, 0.25) is 10.0 Å². The quantitative estimate of drug-likeness (QED) is 0.231. The van der Waals surface area contributed by atoms with Gasteiger partial charge in [-0.25, -0.2) is 5.01 Å². The van der Waals surface area contributed by atoms with Crippen molar-refractivity contribution in [2.24, 2.45) is 0 Å². The summed E-state index contributed by atoms with van der Waals surface area (Å²) < 4.78 is 5.76. The van der Waals surface area contributed by atoms with Gasteiger partial charge in [0.05, 0.1) is 10.6 Å². The molecule has 3 aromatic rings. The molecule has 1 N–H and O–H groups in total. The SMILES string of the molecule is O=C1NN(c2ccccc2)C(=O)C1=Cc1cc(Cl)cc([N+](=O)[O-])c1OCc1ccccc1Cl. The number of amides is 2. The van der Waals surface area contributed by atoms with Gasteiger partial charge in [0.25, 0.3) is 11.8 Å². The van der Waals surface area contributed by atoms with Crippen molar-refractivity contribution in [3.05, 3.63) is 104 Å². The highest BCUT2D eigenvalue weighted by Crippen LogP contribution is 2.37. The number of nitro benzene ring substituents is 1. The van der Waals surface area contributed by atoms with Gasteiger partial charge in [-0.1, -0.05) is 59.6 Å². The lowest BCUT2D eigenvalue weighted by atomic mass is 10.1. The van der Waals surface area contributed by atoms with Crippen molar-refractivity contribution < 1.29 is 19.2 Å². The third-order valence-corrected chi connectivity index (χ3v) is 5.38. The van der Waals surface area contributed by atoms with E-state index in [0.29, 0.717) is 16.3 Å². The largest absolute Gasteiger partial charge is 0.481 e. The third-order valence-electron chi connectivity index (χ3n) is 4.80. The molecule has 33 heavy (non-hydrogen) atoms. The molecule has 0 bridgehead atoms. The summed E-state index contributed by atoms with van der Waals surface area (Å²) in [5, 5.41) is 13.2. The summed E-state index contributed by atoms with van der Waals surface area (Å²) in [6, 6.07) is 17.9. The molecule has 1 fully saturated rings. The molecular formula is C23H15Cl2N3O5. The zero-order chi connectivity index (χ0) is 23.5. The van der Waals surface area contributed by atoms with Crippen molar-refractivity contribution in [1.82, 2.24) is 5.43 Å². The van der Waals surface area contributed by atoms with E-state index in [0.717, 1.165) is 11.1 Å². The van der Waals surface area contributed by atoms with Gasteiger partial charge in [-0.3, -0.25) is 25.1 Å². The molecule has 4 rings (SSSR count). The summed E-state index contributed by atoms with van der Waals surface area (Å²) in [5.41, 5.74) is 3.02. The molecule has 1 aliphatic heterocycles. The lowest BCUT2D eigenvalue weighted by Gasteiger charge is -2.14. The van der Waals surface area contributed by atoms with Crippen molar-refractivity contribution in [1.29, 1.82) is 0 Å². The summed E-state index contributed by atoms with van der Waals surface area (Å²) in [6.45, 7) is -0.0748. The van der Waals surface area contributed by atoms with Gasteiger partial charge in [-0.05, 0) is 30.3 Å². The Hall–Kier alpha value is -3.88. The highest BCUT2D eigenvalue weighted by Gasteiger charge is 2.35. The fourth-order valence-corrected chi connectivity index (χ4v) is 3.65. The second-order valence-corrected chi connectivity index (χ2v) is 7.80. The Morgan fingerprint density at radius 3 is 2.42 bits per heavy atom. The van der Waals surface area contributed by atoms with Crippen LogP contribution in [0.3, 0.4) is 0 Å². The molecule has 166 valence electrons. The molecule has 0 aliphatic carbocycles. The number of hydrazine groups is 1. The van der Waals surface area contributed by atoms with Crippen molar-refractivity contribution in [2.45, 2.75) is 6.61 Å². The minimum Gasteiger partial charge on any atom is -0.481 e. The summed E-state index contributed by atoms with van der Waals surface area (Å²) in [6.07, 6.45) is 1.22. The van der Waals surface area contributed by atoms with Crippen LogP contribution >= 0.6 is 23.2 Å². The second-order valence-electron chi connectivity index (χ2n) is 6.96. The Morgan fingerprint density at radius 2 is 1.73 bits per heavy atom. The molecule has 10 heteroatoms. The van der Waals surface area contributed by atoms with E-state index in [1.165, 1.54) is 12.1 Å². The van der Waals surface area contributed by atoms with Crippen molar-refractivity contribution in [2.75, 3.05) is 5.01 Å². The molecule has 8 nitrogen and oxygen atoms in total. The first kappa shape index (κ1) is 22.3. The number of carbonyl (C=O) groups is 2. The fourth-order valence-electron chi connectivity index (χ4n) is 3.24. The average molecular weight is 484 g/mol. The van der Waals surface area contributed by atoms with E-state index in [1.54, 1.807) is 54.6 Å². The van der Waals surface area contributed by atoms with E-state index in [1.807, 2.05) is 0 Å². The lowest BCUT2D eigenvalue weighted by Crippen LogP contribution is -2.35. The van der Waals surface area contributed by atoms with Crippen LogP contribution in [0.5, 0.6) is 5.75 Å². The molecule has 1 saturated heterocycles. The number of benzene rings is 3. The standard InChI is InChI=1S/C23H15Cl2N3O5/c24-16-10-15(11-18-22(29)26-27(23(18)30)17-7-2-1-3-8-17)21(20(12-16)28(31)32)33-13-14-6-4-5-9-19(14)25/h1-12H,13H2,(H,26,29). The first-order chi connectivity index (χ1) is 15.8. The summed E-state index contributed by atoms with van der Waals surface area (Å²) in [5.74, 6) is -1.43. The van der Waals surface area contributed by atoms with Gasteiger partial charge in [0.15, 0.2) is 0 Å². The van der Waals surface area contributed by atoms with Crippen LogP contribution in [0.25, 0.3) is 6.08 Å². The van der Waals surface area contributed by atoms with E-state index >= 15 is 0 Å². The highest BCUT2D eigenvalue weighted by molar-refractivity contribution is 6.33. The highest BCUT2D eigenvalue weighted by atomic mass is 35.5. The number of anilines is 1. The van der Waals surface area contributed by atoms with Gasteiger partial charge in [0.1, 0.15) is 12.2 Å². The normalized spacial score (nSPS) is 14.5. The Labute approximate surface area is 198 Å². The van der Waals surface area contributed by atoms with Crippen LogP contribution in [0.1, 0.15) is 11.1 Å². The minimum absolute atomic E-state index is 0.0458. The molecule has 0 unspecified atom stereocenters. The van der Waals surface area contributed by atoms with Gasteiger partial charge in [-0.2, -0.15) is 0 Å². The number of nitrogens with one attached hydrogen (secondary N) is 1. The van der Waals surface area contributed by atoms with Crippen LogP contribution in [0.15, 0.2) is 72.3 Å². The molecule has 0 radical (unpaired) electrons. The van der Waals surface area contributed by atoms with E-state index in [4.69, 9.17) is 27.9 Å². The summed E-state index contributed by atoms with van der Waals surface area (Å²) in [4.78, 5) is 36.5. The molecule has 3 aromatic carbocycles. The molecule has 1 heterocycles. The predicted octanol–water partition coefficient (Wildman–Crippen LogP) is 4.94. The van der Waals surface area contributed by atoms with Crippen LogP contribution in [0, 0.1) is 10.1 Å². The smallest absolute Gasteiger partial charge is 0.313 e. The minimum atomic E-state index is -0.663. The first-order valence-electron chi connectivity index (χ1n) is 9.61. The second kappa shape index (κ2) is 9.32. The van der Waals surface area contributed by atoms with Gasteiger partial charge in [0.2, 0.25) is 5.75 Å². The van der Waals surface area contributed by atoms with Crippen molar-refractivity contribution in [3.63, 3.8) is 0 Å². The summed E-state index contributed by atoms with van der Waals surface area (Å²) in [7, 11) is 0. The number of rotatable bonds is 6. The maximum absolute atomic E-state index is 12.9. The van der Waals surface area contributed by atoms with Crippen LogP contribution < -0.4 is 15.2 Å². The van der Waals surface area contributed by atoms with Crippen LogP contribution in [0.4, 0.5) is 11.4 Å². The van der Waals surface area contributed by atoms with E-state index in [2.05, 4.69) is 5.43 Å². The maximum atomic E-state index is 12.9. The van der Waals surface area contributed by atoms with Crippen molar-refractivity contribution in [3.8, 4) is 5.75 Å². The number of para-hydroxylation sites is 1. The van der Waals surface area contributed by atoms with E-state index in [-0.39, 0.29) is 28.5 Å². The van der Waals surface area contributed by atoms with Gasteiger partial charge in [-0.15, -0.1) is 0 Å². The Kier molecular flexibility index (Phi) is 6.30.